The van der Waals surface area contributed by atoms with Gasteiger partial charge in [0.1, 0.15) is 28.8 Å². The van der Waals surface area contributed by atoms with E-state index in [1.807, 2.05) is 28.9 Å². The van der Waals surface area contributed by atoms with Gasteiger partial charge in [-0.2, -0.15) is 9.97 Å². The highest BCUT2D eigenvalue weighted by Crippen LogP contribution is 2.38. The Bertz CT molecular complexity index is 1480. The predicted molar refractivity (Wildman–Crippen MR) is 153 cm³/mol. The molecule has 5 heterocycles. The number of methoxy groups -OCH3 is 2. The van der Waals surface area contributed by atoms with Crippen molar-refractivity contribution >= 4 is 40.5 Å². The average molecular weight is 551 g/mol. The summed E-state index contributed by atoms with van der Waals surface area (Å²) in [6, 6.07) is 9.87. The summed E-state index contributed by atoms with van der Waals surface area (Å²) in [5, 5.41) is 0.506. The van der Waals surface area contributed by atoms with E-state index in [-0.39, 0.29) is 0 Å². The Morgan fingerprint density at radius 2 is 1.49 bits per heavy atom. The molecule has 1 aromatic carbocycles. The Morgan fingerprint density at radius 3 is 2.18 bits per heavy atom. The molecule has 4 aromatic rings. The van der Waals surface area contributed by atoms with Crippen LogP contribution in [0.2, 0.25) is 5.02 Å². The van der Waals surface area contributed by atoms with Crippen molar-refractivity contribution in [3.63, 3.8) is 0 Å². The SMILES string of the molecule is COc1cc(OC)c(-c2cn3ccc(N4CCN(c5cc(N6CCOCC6)nc(N)n5)CC4)cc3n2)cc1Cl. The molecule has 0 bridgehead atoms. The third-order valence-corrected chi connectivity index (χ3v) is 7.51. The van der Waals surface area contributed by atoms with Crippen LogP contribution >= 0.6 is 11.6 Å². The fourth-order valence-electron chi connectivity index (χ4n) is 5.11. The van der Waals surface area contributed by atoms with Crippen molar-refractivity contribution in [3.05, 3.63) is 47.7 Å². The van der Waals surface area contributed by atoms with Crippen LogP contribution in [0.3, 0.4) is 0 Å². The lowest BCUT2D eigenvalue weighted by atomic mass is 10.1. The van der Waals surface area contributed by atoms with E-state index in [9.17, 15) is 0 Å². The van der Waals surface area contributed by atoms with Crippen molar-refractivity contribution in [2.24, 2.45) is 0 Å². The van der Waals surface area contributed by atoms with Crippen LogP contribution < -0.4 is 29.9 Å². The normalized spacial score (nSPS) is 16.1. The highest BCUT2D eigenvalue weighted by Gasteiger charge is 2.22. The van der Waals surface area contributed by atoms with Crippen LogP contribution in [0, 0.1) is 0 Å². The summed E-state index contributed by atoms with van der Waals surface area (Å²) in [4.78, 5) is 20.7. The maximum atomic E-state index is 6.40. The summed E-state index contributed by atoms with van der Waals surface area (Å²) in [5.74, 6) is 3.23. The van der Waals surface area contributed by atoms with Crippen molar-refractivity contribution < 1.29 is 14.2 Å². The third-order valence-electron chi connectivity index (χ3n) is 7.21. The zero-order valence-corrected chi connectivity index (χ0v) is 22.8. The van der Waals surface area contributed by atoms with E-state index in [1.54, 1.807) is 20.3 Å². The number of halogens is 1. The maximum absolute atomic E-state index is 6.40. The molecule has 2 N–H and O–H groups in total. The van der Waals surface area contributed by atoms with E-state index in [1.165, 1.54) is 0 Å². The molecule has 0 atom stereocenters. The fraction of sp³-hybridized carbons (Fsp3) is 0.370. The van der Waals surface area contributed by atoms with Crippen molar-refractivity contribution in [2.75, 3.05) is 87.1 Å². The number of nitrogens with two attached hydrogens (primary N) is 1. The van der Waals surface area contributed by atoms with E-state index in [0.717, 1.165) is 73.5 Å². The largest absolute Gasteiger partial charge is 0.496 e. The first-order valence-electron chi connectivity index (χ1n) is 12.9. The minimum absolute atomic E-state index is 0.298. The van der Waals surface area contributed by atoms with E-state index in [4.69, 9.17) is 36.5 Å². The topological polar surface area (TPSA) is 107 Å². The Labute approximate surface area is 231 Å². The van der Waals surface area contributed by atoms with Crippen LogP contribution in [0.4, 0.5) is 23.3 Å². The summed E-state index contributed by atoms with van der Waals surface area (Å²) in [6.07, 6.45) is 4.01. The highest BCUT2D eigenvalue weighted by atomic mass is 35.5. The van der Waals surface area contributed by atoms with Crippen molar-refractivity contribution in [3.8, 4) is 22.8 Å². The predicted octanol–water partition coefficient (Wildman–Crippen LogP) is 3.21. The molecule has 6 rings (SSSR count). The van der Waals surface area contributed by atoms with Crippen molar-refractivity contribution in [2.45, 2.75) is 0 Å². The number of nitrogens with zero attached hydrogens (tertiary/aromatic N) is 7. The van der Waals surface area contributed by atoms with Crippen LogP contribution in [0.25, 0.3) is 16.9 Å². The quantitative estimate of drug-likeness (QED) is 0.384. The molecule has 3 aromatic heterocycles. The van der Waals surface area contributed by atoms with Crippen molar-refractivity contribution in [1.82, 2.24) is 19.4 Å². The number of piperazine rings is 1. The first kappa shape index (κ1) is 25.3. The first-order chi connectivity index (χ1) is 19.0. The van der Waals surface area contributed by atoms with Gasteiger partial charge < -0.3 is 39.0 Å². The number of morpholine rings is 1. The minimum atomic E-state index is 0.298. The third kappa shape index (κ3) is 5.07. The molecular weight excluding hydrogens is 520 g/mol. The molecule has 0 unspecified atom stereocenters. The number of benzene rings is 1. The van der Waals surface area contributed by atoms with Gasteiger partial charge in [-0.1, -0.05) is 11.6 Å². The van der Waals surface area contributed by atoms with Gasteiger partial charge in [-0.3, -0.25) is 0 Å². The van der Waals surface area contributed by atoms with Gasteiger partial charge in [-0.15, -0.1) is 0 Å². The Hall–Kier alpha value is -3.96. The van der Waals surface area contributed by atoms with Gasteiger partial charge in [-0.05, 0) is 12.1 Å². The average Bonchev–Trinajstić information content (AvgIpc) is 3.40. The van der Waals surface area contributed by atoms with Crippen LogP contribution in [0.1, 0.15) is 0 Å². The number of anilines is 4. The number of imidazole rings is 1. The maximum Gasteiger partial charge on any atom is 0.223 e. The number of hydrogen-bond acceptors (Lipinski definition) is 10. The Morgan fingerprint density at radius 1 is 0.821 bits per heavy atom. The standard InChI is InChI=1S/C27H31ClN8O3/c1-37-22-15-23(38-2)20(28)14-19(22)21-17-36-4-3-18(13-24(36)30-21)33-5-7-34(8-6-33)25-16-26(32-27(29)31-25)35-9-11-39-12-10-35/h3-4,13-17H,5-12H2,1-2H3,(H2,29,31,32). The summed E-state index contributed by atoms with van der Waals surface area (Å²) in [6.45, 7) is 6.35. The molecular formula is C27H31ClN8O3. The van der Waals surface area contributed by atoms with Gasteiger partial charge in [0, 0.05) is 81.1 Å². The molecule has 0 aliphatic carbocycles. The number of fused-ring (bicyclic) bond motifs is 1. The molecule has 0 saturated carbocycles. The molecule has 39 heavy (non-hydrogen) atoms. The van der Waals surface area contributed by atoms with Crippen molar-refractivity contribution in [1.29, 1.82) is 0 Å². The smallest absolute Gasteiger partial charge is 0.223 e. The molecule has 0 radical (unpaired) electrons. The van der Waals surface area contributed by atoms with Gasteiger partial charge in [-0.25, -0.2) is 4.98 Å². The zero-order valence-electron chi connectivity index (χ0n) is 22.0. The van der Waals surface area contributed by atoms with Gasteiger partial charge in [0.05, 0.1) is 38.1 Å². The fourth-order valence-corrected chi connectivity index (χ4v) is 5.35. The summed E-state index contributed by atoms with van der Waals surface area (Å²) in [7, 11) is 3.21. The van der Waals surface area contributed by atoms with Crippen LogP contribution in [-0.4, -0.2) is 86.1 Å². The second-order valence-electron chi connectivity index (χ2n) is 9.48. The van der Waals surface area contributed by atoms with Crippen LogP contribution in [0.15, 0.2) is 42.7 Å². The van der Waals surface area contributed by atoms with E-state index >= 15 is 0 Å². The van der Waals surface area contributed by atoms with Crippen LogP contribution in [0.5, 0.6) is 11.5 Å². The molecule has 12 heteroatoms. The van der Waals surface area contributed by atoms with E-state index in [0.29, 0.717) is 35.7 Å². The monoisotopic (exact) mass is 550 g/mol. The highest BCUT2D eigenvalue weighted by molar-refractivity contribution is 6.32. The second-order valence-corrected chi connectivity index (χ2v) is 9.89. The lowest BCUT2D eigenvalue weighted by molar-refractivity contribution is 0.122. The van der Waals surface area contributed by atoms with Crippen LogP contribution in [-0.2, 0) is 4.74 Å². The first-order valence-corrected chi connectivity index (χ1v) is 13.3. The Balaban J connectivity index is 1.18. The molecule has 11 nitrogen and oxygen atoms in total. The lowest BCUT2D eigenvalue weighted by Gasteiger charge is -2.37. The van der Waals surface area contributed by atoms with E-state index in [2.05, 4.69) is 36.8 Å². The molecule has 2 fully saturated rings. The van der Waals surface area contributed by atoms with Gasteiger partial charge >= 0.3 is 0 Å². The van der Waals surface area contributed by atoms with E-state index < -0.39 is 0 Å². The number of hydrogen-bond donors (Lipinski definition) is 1. The number of aromatic nitrogens is 4. The summed E-state index contributed by atoms with van der Waals surface area (Å²) >= 11 is 6.40. The number of ether oxygens (including phenoxy) is 3. The van der Waals surface area contributed by atoms with Gasteiger partial charge in [0.15, 0.2) is 0 Å². The summed E-state index contributed by atoms with van der Waals surface area (Å²) in [5.41, 5.74) is 9.63. The number of nitrogen functional groups attached to an aromatic ring is 1. The zero-order chi connectivity index (χ0) is 26.9. The van der Waals surface area contributed by atoms with Gasteiger partial charge in [0.2, 0.25) is 5.95 Å². The minimum Gasteiger partial charge on any atom is -0.496 e. The molecule has 2 saturated heterocycles. The molecule has 2 aliphatic rings. The van der Waals surface area contributed by atoms with Gasteiger partial charge in [0.25, 0.3) is 0 Å². The Kier molecular flexibility index (Phi) is 6.92. The molecule has 0 amide bonds. The second kappa shape index (κ2) is 10.7. The molecule has 204 valence electrons. The number of rotatable bonds is 6. The molecule has 2 aliphatic heterocycles. The summed E-state index contributed by atoms with van der Waals surface area (Å²) < 4.78 is 18.4. The molecule has 0 spiro atoms. The lowest BCUT2D eigenvalue weighted by Crippen LogP contribution is -2.47. The number of pyridine rings is 1.